The first-order chi connectivity index (χ1) is 9.05. The van der Waals surface area contributed by atoms with E-state index in [-0.39, 0.29) is 4.90 Å². The minimum absolute atomic E-state index is 0.166. The topological polar surface area (TPSA) is 74.1 Å². The van der Waals surface area contributed by atoms with Crippen molar-refractivity contribution in [2.75, 3.05) is 6.61 Å². The van der Waals surface area contributed by atoms with Crippen molar-refractivity contribution in [2.24, 2.45) is 0 Å². The summed E-state index contributed by atoms with van der Waals surface area (Å²) in [6.45, 7) is 4.43. The van der Waals surface area contributed by atoms with E-state index in [1.54, 1.807) is 12.1 Å². The average molecular weight is 281 g/mol. The van der Waals surface area contributed by atoms with Gasteiger partial charge in [-0.05, 0) is 37.1 Å². The molecule has 2 rings (SSSR count). The smallest absolute Gasteiger partial charge is 0.284 e. The van der Waals surface area contributed by atoms with Gasteiger partial charge >= 0.3 is 0 Å². The largest absolute Gasteiger partial charge is 0.493 e. The van der Waals surface area contributed by atoms with Gasteiger partial charge in [0.1, 0.15) is 18.4 Å². The SMILES string of the molecule is CCCOc1ccc(S(=O)(=O)n2cncn2)cc1C. The van der Waals surface area contributed by atoms with E-state index in [0.29, 0.717) is 12.4 Å². The van der Waals surface area contributed by atoms with Crippen molar-refractivity contribution < 1.29 is 13.2 Å². The molecule has 0 amide bonds. The van der Waals surface area contributed by atoms with Crippen LogP contribution in [0.4, 0.5) is 0 Å². The van der Waals surface area contributed by atoms with Crippen molar-refractivity contribution in [3.8, 4) is 5.75 Å². The lowest BCUT2D eigenvalue weighted by Gasteiger charge is -2.10. The van der Waals surface area contributed by atoms with Gasteiger partial charge in [0.25, 0.3) is 10.0 Å². The van der Waals surface area contributed by atoms with Crippen LogP contribution in [0.2, 0.25) is 0 Å². The van der Waals surface area contributed by atoms with Crippen molar-refractivity contribution in [3.63, 3.8) is 0 Å². The lowest BCUT2D eigenvalue weighted by Crippen LogP contribution is -2.13. The summed E-state index contributed by atoms with van der Waals surface area (Å²) >= 11 is 0. The zero-order valence-corrected chi connectivity index (χ0v) is 11.6. The van der Waals surface area contributed by atoms with Crippen LogP contribution in [0.1, 0.15) is 18.9 Å². The summed E-state index contributed by atoms with van der Waals surface area (Å²) in [5, 5.41) is 3.65. The van der Waals surface area contributed by atoms with E-state index in [1.165, 1.54) is 12.4 Å². The molecule has 1 aromatic carbocycles. The maximum absolute atomic E-state index is 12.2. The van der Waals surface area contributed by atoms with Crippen molar-refractivity contribution >= 4 is 10.0 Å². The zero-order chi connectivity index (χ0) is 13.9. The molecule has 0 fully saturated rings. The van der Waals surface area contributed by atoms with Crippen molar-refractivity contribution in [1.29, 1.82) is 0 Å². The number of aryl methyl sites for hydroxylation is 1. The summed E-state index contributed by atoms with van der Waals surface area (Å²) in [4.78, 5) is 3.81. The third kappa shape index (κ3) is 2.76. The molecule has 0 saturated heterocycles. The number of ether oxygens (including phenoxy) is 1. The van der Waals surface area contributed by atoms with Crippen molar-refractivity contribution in [2.45, 2.75) is 25.2 Å². The molecule has 102 valence electrons. The Morgan fingerprint density at radius 3 is 2.74 bits per heavy atom. The van der Waals surface area contributed by atoms with Crippen LogP contribution in [0.3, 0.4) is 0 Å². The standard InChI is InChI=1S/C12H15N3O3S/c1-3-6-18-12-5-4-11(7-10(12)2)19(16,17)15-9-13-8-14-15/h4-5,7-9H,3,6H2,1-2H3. The second-order valence-corrected chi connectivity index (χ2v) is 5.84. The van der Waals surface area contributed by atoms with Gasteiger partial charge < -0.3 is 4.74 Å². The number of hydrogen-bond donors (Lipinski definition) is 0. The van der Waals surface area contributed by atoms with Gasteiger partial charge in [-0.1, -0.05) is 6.92 Å². The minimum Gasteiger partial charge on any atom is -0.493 e. The molecule has 0 unspecified atom stereocenters. The van der Waals surface area contributed by atoms with Gasteiger partial charge in [-0.15, -0.1) is 9.19 Å². The highest BCUT2D eigenvalue weighted by atomic mass is 32.2. The highest BCUT2D eigenvalue weighted by Gasteiger charge is 2.18. The number of rotatable bonds is 5. The summed E-state index contributed by atoms with van der Waals surface area (Å²) in [7, 11) is -3.67. The van der Waals surface area contributed by atoms with E-state index in [0.717, 1.165) is 22.4 Å². The number of nitrogens with zero attached hydrogens (tertiary/aromatic N) is 3. The molecule has 2 aromatic rings. The summed E-state index contributed by atoms with van der Waals surface area (Å²) in [5.41, 5.74) is 0.773. The first kappa shape index (κ1) is 13.5. The highest BCUT2D eigenvalue weighted by molar-refractivity contribution is 7.89. The lowest BCUT2D eigenvalue weighted by atomic mass is 10.2. The summed E-state index contributed by atoms with van der Waals surface area (Å²) in [5.74, 6) is 0.694. The molecule has 0 N–H and O–H groups in total. The minimum atomic E-state index is -3.67. The Morgan fingerprint density at radius 1 is 1.37 bits per heavy atom. The van der Waals surface area contributed by atoms with Crippen LogP contribution in [-0.2, 0) is 10.0 Å². The van der Waals surface area contributed by atoms with E-state index in [9.17, 15) is 8.42 Å². The molecule has 0 bridgehead atoms. The lowest BCUT2D eigenvalue weighted by molar-refractivity contribution is 0.315. The molecular weight excluding hydrogens is 266 g/mol. The zero-order valence-electron chi connectivity index (χ0n) is 10.8. The van der Waals surface area contributed by atoms with Gasteiger partial charge in [-0.2, -0.15) is 8.42 Å². The van der Waals surface area contributed by atoms with E-state index in [1.807, 2.05) is 13.8 Å². The summed E-state index contributed by atoms with van der Waals surface area (Å²) in [6.07, 6.45) is 3.24. The second-order valence-electron chi connectivity index (χ2n) is 4.05. The fourth-order valence-corrected chi connectivity index (χ4v) is 2.71. The Balaban J connectivity index is 2.35. The quantitative estimate of drug-likeness (QED) is 0.832. The Kier molecular flexibility index (Phi) is 3.84. The van der Waals surface area contributed by atoms with Crippen LogP contribution < -0.4 is 4.74 Å². The molecule has 0 aliphatic heterocycles. The van der Waals surface area contributed by atoms with E-state index >= 15 is 0 Å². The van der Waals surface area contributed by atoms with Gasteiger partial charge in [0.05, 0.1) is 11.5 Å². The molecule has 0 spiro atoms. The molecule has 0 aliphatic carbocycles. The fraction of sp³-hybridized carbons (Fsp3) is 0.333. The van der Waals surface area contributed by atoms with Crippen molar-refractivity contribution in [3.05, 3.63) is 36.4 Å². The van der Waals surface area contributed by atoms with Crippen LogP contribution in [0, 0.1) is 6.92 Å². The van der Waals surface area contributed by atoms with Gasteiger partial charge in [0.15, 0.2) is 0 Å². The summed E-state index contributed by atoms with van der Waals surface area (Å²) < 4.78 is 30.7. The van der Waals surface area contributed by atoms with Crippen molar-refractivity contribution in [1.82, 2.24) is 14.2 Å². The third-order valence-electron chi connectivity index (χ3n) is 2.55. The van der Waals surface area contributed by atoms with E-state index in [4.69, 9.17) is 4.74 Å². The molecule has 1 aromatic heterocycles. The van der Waals surface area contributed by atoms with Gasteiger partial charge in [0.2, 0.25) is 0 Å². The predicted molar refractivity (Wildman–Crippen MR) is 69.6 cm³/mol. The molecule has 0 saturated carbocycles. The molecule has 0 atom stereocenters. The summed E-state index contributed by atoms with van der Waals surface area (Å²) in [6, 6.07) is 4.74. The number of hydrogen-bond acceptors (Lipinski definition) is 5. The second kappa shape index (κ2) is 5.40. The molecule has 7 heteroatoms. The van der Waals surface area contributed by atoms with E-state index in [2.05, 4.69) is 10.1 Å². The first-order valence-electron chi connectivity index (χ1n) is 5.89. The van der Waals surface area contributed by atoms with Gasteiger partial charge in [0, 0.05) is 0 Å². The number of benzene rings is 1. The third-order valence-corrected chi connectivity index (χ3v) is 4.08. The molecule has 0 radical (unpaired) electrons. The molecule has 1 heterocycles. The first-order valence-corrected chi connectivity index (χ1v) is 7.33. The Bertz CT molecular complexity index is 651. The maximum Gasteiger partial charge on any atom is 0.284 e. The van der Waals surface area contributed by atoms with E-state index < -0.39 is 10.0 Å². The van der Waals surface area contributed by atoms with Crippen LogP contribution in [-0.4, -0.2) is 29.2 Å². The average Bonchev–Trinajstić information content (AvgIpc) is 2.91. The number of aromatic nitrogens is 3. The fourth-order valence-electron chi connectivity index (χ4n) is 1.59. The van der Waals surface area contributed by atoms with Crippen LogP contribution in [0.5, 0.6) is 5.75 Å². The Hall–Kier alpha value is -1.89. The predicted octanol–water partition coefficient (Wildman–Crippen LogP) is 1.61. The van der Waals surface area contributed by atoms with Gasteiger partial charge in [-0.3, -0.25) is 0 Å². The van der Waals surface area contributed by atoms with Crippen LogP contribution >= 0.6 is 0 Å². The molecule has 0 aliphatic rings. The highest BCUT2D eigenvalue weighted by Crippen LogP contribution is 2.22. The normalized spacial score (nSPS) is 11.5. The Morgan fingerprint density at radius 2 is 2.16 bits per heavy atom. The van der Waals surface area contributed by atoms with Crippen LogP contribution in [0.15, 0.2) is 35.7 Å². The molecular formula is C12H15N3O3S. The maximum atomic E-state index is 12.2. The molecule has 19 heavy (non-hydrogen) atoms. The van der Waals surface area contributed by atoms with Gasteiger partial charge in [-0.25, -0.2) is 4.98 Å². The molecule has 6 nitrogen and oxygen atoms in total. The Labute approximate surface area is 112 Å². The monoisotopic (exact) mass is 281 g/mol. The van der Waals surface area contributed by atoms with Crippen LogP contribution in [0.25, 0.3) is 0 Å².